The molecule has 84 valence electrons. The van der Waals surface area contributed by atoms with Crippen LogP contribution < -0.4 is 10.1 Å². The maximum atomic E-state index is 11.3. The maximum Gasteiger partial charge on any atom is 0.234 e. The van der Waals surface area contributed by atoms with Gasteiger partial charge in [-0.2, -0.15) is 4.98 Å². The number of methoxy groups -OCH3 is 1. The van der Waals surface area contributed by atoms with E-state index < -0.39 is 0 Å². The fraction of sp³-hybridized carbons (Fsp3) is 0.300. The fourth-order valence-electron chi connectivity index (χ4n) is 0.930. The largest absolute Gasteiger partial charge is 0.481 e. The first-order chi connectivity index (χ1) is 7.65. The molecule has 1 heterocycles. The Labute approximate surface area is 98.2 Å². The van der Waals surface area contributed by atoms with Crippen LogP contribution in [-0.2, 0) is 4.79 Å². The number of nitrogens with one attached hydrogen (secondary N) is 1. The summed E-state index contributed by atoms with van der Waals surface area (Å²) in [5.74, 6) is 2.49. The van der Waals surface area contributed by atoms with Gasteiger partial charge in [0.25, 0.3) is 0 Å². The number of anilines is 1. The number of rotatable bonds is 4. The average molecular weight is 240 g/mol. The Morgan fingerprint density at radius 1 is 1.69 bits per heavy atom. The summed E-state index contributed by atoms with van der Waals surface area (Å²) in [7, 11) is 1.45. The van der Waals surface area contributed by atoms with E-state index in [1.807, 2.05) is 0 Å². The minimum Gasteiger partial charge on any atom is -0.481 e. The SMILES string of the molecule is C#CCCC(=O)Nc1nc(Cl)cc(OC)n1. The maximum absolute atomic E-state index is 11.3. The molecule has 5 nitrogen and oxygen atoms in total. The molecule has 0 aliphatic carbocycles. The first-order valence-corrected chi connectivity index (χ1v) is 4.85. The molecular formula is C10H10ClN3O2. The van der Waals surface area contributed by atoms with Crippen LogP contribution in [0.5, 0.6) is 5.88 Å². The fourth-order valence-corrected chi connectivity index (χ4v) is 1.10. The standard InChI is InChI=1S/C10H10ClN3O2/c1-3-4-5-8(15)13-10-12-7(11)6-9(14-10)16-2/h1,6H,4-5H2,2H3,(H,12,13,14,15). The van der Waals surface area contributed by atoms with E-state index in [0.29, 0.717) is 6.42 Å². The van der Waals surface area contributed by atoms with Crippen molar-refractivity contribution in [1.82, 2.24) is 9.97 Å². The van der Waals surface area contributed by atoms with Crippen molar-refractivity contribution in [3.8, 4) is 18.2 Å². The summed E-state index contributed by atoms with van der Waals surface area (Å²) in [5.41, 5.74) is 0. The topological polar surface area (TPSA) is 64.1 Å². The lowest BCUT2D eigenvalue weighted by atomic mass is 10.3. The molecule has 0 bridgehead atoms. The Morgan fingerprint density at radius 2 is 2.44 bits per heavy atom. The van der Waals surface area contributed by atoms with Crippen LogP contribution in [0, 0.1) is 12.3 Å². The molecule has 0 aliphatic heterocycles. The van der Waals surface area contributed by atoms with Crippen LogP contribution in [0.15, 0.2) is 6.07 Å². The summed E-state index contributed by atoms with van der Waals surface area (Å²) in [6, 6.07) is 1.44. The van der Waals surface area contributed by atoms with Crippen LogP contribution in [0.4, 0.5) is 5.95 Å². The monoisotopic (exact) mass is 239 g/mol. The molecule has 0 radical (unpaired) electrons. The van der Waals surface area contributed by atoms with E-state index in [1.54, 1.807) is 0 Å². The van der Waals surface area contributed by atoms with Gasteiger partial charge in [-0.3, -0.25) is 10.1 Å². The summed E-state index contributed by atoms with van der Waals surface area (Å²) in [6.07, 6.45) is 5.62. The van der Waals surface area contributed by atoms with Crippen molar-refractivity contribution < 1.29 is 9.53 Å². The highest BCUT2D eigenvalue weighted by Crippen LogP contribution is 2.15. The van der Waals surface area contributed by atoms with Gasteiger partial charge in [0.2, 0.25) is 17.7 Å². The Bertz CT molecular complexity index is 429. The van der Waals surface area contributed by atoms with Gasteiger partial charge in [0.15, 0.2) is 0 Å². The number of halogens is 1. The molecule has 0 fully saturated rings. The lowest BCUT2D eigenvalue weighted by Gasteiger charge is -2.04. The zero-order chi connectivity index (χ0) is 12.0. The number of hydrogen-bond acceptors (Lipinski definition) is 4. The van der Waals surface area contributed by atoms with Gasteiger partial charge in [-0.25, -0.2) is 4.98 Å². The molecule has 0 atom stereocenters. The second-order valence-corrected chi connectivity index (χ2v) is 3.20. The number of terminal acetylenes is 1. The Hall–Kier alpha value is -1.80. The number of nitrogens with zero attached hydrogens (tertiary/aromatic N) is 2. The molecule has 1 rings (SSSR count). The Kier molecular flexibility index (Phi) is 4.55. The average Bonchev–Trinajstić information content (AvgIpc) is 2.25. The van der Waals surface area contributed by atoms with Crippen LogP contribution in [0.3, 0.4) is 0 Å². The normalized spacial score (nSPS) is 9.31. The second-order valence-electron chi connectivity index (χ2n) is 2.81. The quantitative estimate of drug-likeness (QED) is 0.639. The molecule has 1 N–H and O–H groups in total. The van der Waals surface area contributed by atoms with E-state index >= 15 is 0 Å². The molecule has 0 saturated carbocycles. The van der Waals surface area contributed by atoms with Crippen molar-refractivity contribution in [3.63, 3.8) is 0 Å². The lowest BCUT2D eigenvalue weighted by molar-refractivity contribution is -0.116. The molecule has 6 heteroatoms. The van der Waals surface area contributed by atoms with E-state index in [9.17, 15) is 4.79 Å². The summed E-state index contributed by atoms with van der Waals surface area (Å²) in [4.78, 5) is 19.0. The van der Waals surface area contributed by atoms with Gasteiger partial charge in [-0.05, 0) is 0 Å². The highest BCUT2D eigenvalue weighted by Gasteiger charge is 2.07. The minimum absolute atomic E-state index is 0.103. The number of aromatic nitrogens is 2. The number of carbonyl (C=O) groups is 1. The first kappa shape index (κ1) is 12.3. The van der Waals surface area contributed by atoms with Gasteiger partial charge in [0.05, 0.1) is 7.11 Å². The van der Waals surface area contributed by atoms with Crippen molar-refractivity contribution >= 4 is 23.5 Å². The molecule has 0 saturated heterocycles. The van der Waals surface area contributed by atoms with Gasteiger partial charge in [-0.15, -0.1) is 12.3 Å². The van der Waals surface area contributed by atoms with Gasteiger partial charge in [0.1, 0.15) is 5.15 Å². The van der Waals surface area contributed by atoms with Crippen LogP contribution >= 0.6 is 11.6 Å². The third-order valence-electron chi connectivity index (χ3n) is 1.63. The van der Waals surface area contributed by atoms with Crippen LogP contribution in [0.2, 0.25) is 5.15 Å². The van der Waals surface area contributed by atoms with Crippen LogP contribution in [0.1, 0.15) is 12.8 Å². The summed E-state index contributed by atoms with van der Waals surface area (Å²) in [5, 5.41) is 2.66. The molecule has 1 amide bonds. The highest BCUT2D eigenvalue weighted by atomic mass is 35.5. The van der Waals surface area contributed by atoms with Crippen molar-refractivity contribution in [3.05, 3.63) is 11.2 Å². The number of amides is 1. The molecular weight excluding hydrogens is 230 g/mol. The predicted molar refractivity (Wildman–Crippen MR) is 60.3 cm³/mol. The van der Waals surface area contributed by atoms with E-state index in [0.717, 1.165) is 0 Å². The zero-order valence-corrected chi connectivity index (χ0v) is 9.41. The number of hydrogen-bond donors (Lipinski definition) is 1. The number of ether oxygens (including phenoxy) is 1. The van der Waals surface area contributed by atoms with E-state index in [4.69, 9.17) is 22.8 Å². The third kappa shape index (κ3) is 3.75. The lowest BCUT2D eigenvalue weighted by Crippen LogP contribution is -2.13. The first-order valence-electron chi connectivity index (χ1n) is 4.47. The summed E-state index contributed by atoms with van der Waals surface area (Å²) in [6.45, 7) is 0. The van der Waals surface area contributed by atoms with Gasteiger partial charge < -0.3 is 4.74 Å². The second kappa shape index (κ2) is 5.93. The van der Waals surface area contributed by atoms with Crippen LogP contribution in [-0.4, -0.2) is 23.0 Å². The molecule has 1 aromatic rings. The van der Waals surface area contributed by atoms with Gasteiger partial charge in [-0.1, -0.05) is 11.6 Å². The van der Waals surface area contributed by atoms with Crippen molar-refractivity contribution in [1.29, 1.82) is 0 Å². The van der Waals surface area contributed by atoms with Gasteiger partial charge >= 0.3 is 0 Å². The zero-order valence-electron chi connectivity index (χ0n) is 8.66. The Balaban J connectivity index is 2.70. The van der Waals surface area contributed by atoms with E-state index in [-0.39, 0.29) is 29.3 Å². The number of carbonyl (C=O) groups excluding carboxylic acids is 1. The molecule has 0 aromatic carbocycles. The molecule has 0 aliphatic rings. The van der Waals surface area contributed by atoms with Crippen LogP contribution in [0.25, 0.3) is 0 Å². The van der Waals surface area contributed by atoms with Crippen molar-refractivity contribution in [2.24, 2.45) is 0 Å². The predicted octanol–water partition coefficient (Wildman–Crippen LogP) is 1.49. The Morgan fingerprint density at radius 3 is 3.06 bits per heavy atom. The van der Waals surface area contributed by atoms with E-state index in [1.165, 1.54) is 13.2 Å². The highest BCUT2D eigenvalue weighted by molar-refractivity contribution is 6.29. The molecule has 0 unspecified atom stereocenters. The summed E-state index contributed by atoms with van der Waals surface area (Å²) < 4.78 is 4.88. The molecule has 16 heavy (non-hydrogen) atoms. The van der Waals surface area contributed by atoms with Crippen molar-refractivity contribution in [2.75, 3.05) is 12.4 Å². The third-order valence-corrected chi connectivity index (χ3v) is 1.82. The molecule has 0 spiro atoms. The van der Waals surface area contributed by atoms with E-state index in [2.05, 4.69) is 21.2 Å². The van der Waals surface area contributed by atoms with Gasteiger partial charge in [0, 0.05) is 18.9 Å². The smallest absolute Gasteiger partial charge is 0.234 e. The van der Waals surface area contributed by atoms with Crippen molar-refractivity contribution in [2.45, 2.75) is 12.8 Å². The summed E-state index contributed by atoms with van der Waals surface area (Å²) >= 11 is 5.70. The minimum atomic E-state index is -0.262. The molecule has 1 aromatic heterocycles.